The monoisotopic (exact) mass is 305 g/mol. The lowest BCUT2D eigenvalue weighted by Crippen LogP contribution is -2.22. The Bertz CT molecular complexity index is 585. The number of aryl methyl sites for hydroxylation is 1. The zero-order chi connectivity index (χ0) is 15.2. The molecule has 21 heavy (non-hydrogen) atoms. The molecule has 0 aliphatic heterocycles. The van der Waals surface area contributed by atoms with Crippen LogP contribution in [-0.4, -0.2) is 16.0 Å². The molecule has 3 nitrogen and oxygen atoms in total. The summed E-state index contributed by atoms with van der Waals surface area (Å²) in [6, 6.07) is 8.92. The summed E-state index contributed by atoms with van der Waals surface area (Å²) >= 11 is 1.61. The van der Waals surface area contributed by atoms with Crippen LogP contribution in [-0.2, 0) is 12.3 Å². The van der Waals surface area contributed by atoms with E-state index >= 15 is 0 Å². The van der Waals surface area contributed by atoms with Crippen molar-refractivity contribution in [2.24, 2.45) is 0 Å². The molecular formula is C16H20FN3S. The van der Waals surface area contributed by atoms with E-state index in [1.54, 1.807) is 23.9 Å². The molecule has 2 rings (SSSR count). The second-order valence-corrected chi connectivity index (χ2v) is 6.24. The van der Waals surface area contributed by atoms with Gasteiger partial charge in [0.1, 0.15) is 11.6 Å². The SMILES string of the molecule is Cc1cc(CNC(C)C)nc(CSc2ccc(F)cc2)n1. The number of benzene rings is 1. The Morgan fingerprint density at radius 3 is 2.57 bits per heavy atom. The van der Waals surface area contributed by atoms with Gasteiger partial charge in [0.05, 0.1) is 11.4 Å². The summed E-state index contributed by atoms with van der Waals surface area (Å²) < 4.78 is 12.9. The Morgan fingerprint density at radius 2 is 1.90 bits per heavy atom. The molecular weight excluding hydrogens is 285 g/mol. The zero-order valence-corrected chi connectivity index (χ0v) is 13.4. The predicted molar refractivity (Wildman–Crippen MR) is 84.7 cm³/mol. The van der Waals surface area contributed by atoms with Crippen LogP contribution < -0.4 is 5.32 Å². The molecule has 0 unspecified atom stereocenters. The number of hydrogen-bond donors (Lipinski definition) is 1. The van der Waals surface area contributed by atoms with Crippen LogP contribution in [0.5, 0.6) is 0 Å². The minimum Gasteiger partial charge on any atom is -0.309 e. The van der Waals surface area contributed by atoms with Gasteiger partial charge < -0.3 is 5.32 Å². The fourth-order valence-corrected chi connectivity index (χ4v) is 2.60. The smallest absolute Gasteiger partial charge is 0.139 e. The maximum absolute atomic E-state index is 12.9. The van der Waals surface area contributed by atoms with Gasteiger partial charge in [-0.3, -0.25) is 0 Å². The normalized spacial score (nSPS) is 11.1. The minimum atomic E-state index is -0.215. The Hall–Kier alpha value is -1.46. The second-order valence-electron chi connectivity index (χ2n) is 5.20. The molecule has 0 bridgehead atoms. The van der Waals surface area contributed by atoms with Crippen molar-refractivity contribution in [3.05, 3.63) is 53.4 Å². The van der Waals surface area contributed by atoms with Crippen LogP contribution >= 0.6 is 11.8 Å². The fraction of sp³-hybridized carbons (Fsp3) is 0.375. The van der Waals surface area contributed by atoms with Crippen molar-refractivity contribution >= 4 is 11.8 Å². The van der Waals surface area contributed by atoms with Gasteiger partial charge in [0.25, 0.3) is 0 Å². The highest BCUT2D eigenvalue weighted by Gasteiger charge is 2.04. The number of halogens is 1. The Kier molecular flexibility index (Phi) is 5.70. The van der Waals surface area contributed by atoms with Crippen LogP contribution in [0.2, 0.25) is 0 Å². The van der Waals surface area contributed by atoms with E-state index in [-0.39, 0.29) is 5.82 Å². The lowest BCUT2D eigenvalue weighted by atomic mass is 10.3. The molecule has 0 fully saturated rings. The van der Waals surface area contributed by atoms with Gasteiger partial charge in [-0.2, -0.15) is 0 Å². The van der Waals surface area contributed by atoms with Gasteiger partial charge in [-0.15, -0.1) is 11.8 Å². The molecule has 0 aliphatic rings. The highest BCUT2D eigenvalue weighted by Crippen LogP contribution is 2.21. The lowest BCUT2D eigenvalue weighted by Gasteiger charge is -2.09. The van der Waals surface area contributed by atoms with Crippen molar-refractivity contribution < 1.29 is 4.39 Å². The topological polar surface area (TPSA) is 37.8 Å². The van der Waals surface area contributed by atoms with Crippen molar-refractivity contribution in [1.29, 1.82) is 0 Å². The van der Waals surface area contributed by atoms with Crippen LogP contribution in [0.1, 0.15) is 31.1 Å². The van der Waals surface area contributed by atoms with Crippen LogP contribution in [0, 0.1) is 12.7 Å². The van der Waals surface area contributed by atoms with E-state index < -0.39 is 0 Å². The summed E-state index contributed by atoms with van der Waals surface area (Å²) in [6.45, 7) is 6.94. The van der Waals surface area contributed by atoms with Crippen molar-refractivity contribution in [3.63, 3.8) is 0 Å². The third-order valence-electron chi connectivity index (χ3n) is 2.83. The molecule has 0 radical (unpaired) electrons. The zero-order valence-electron chi connectivity index (χ0n) is 12.6. The number of nitrogens with zero attached hydrogens (tertiary/aromatic N) is 2. The largest absolute Gasteiger partial charge is 0.309 e. The molecule has 0 aliphatic carbocycles. The Balaban J connectivity index is 2.00. The Morgan fingerprint density at radius 1 is 1.19 bits per heavy atom. The molecule has 0 saturated carbocycles. The van der Waals surface area contributed by atoms with Crippen LogP contribution in [0.4, 0.5) is 4.39 Å². The number of thioether (sulfide) groups is 1. The summed E-state index contributed by atoms with van der Waals surface area (Å²) in [5, 5.41) is 3.36. The summed E-state index contributed by atoms with van der Waals surface area (Å²) in [7, 11) is 0. The van der Waals surface area contributed by atoms with E-state index in [1.165, 1.54) is 12.1 Å². The van der Waals surface area contributed by atoms with Crippen LogP contribution in [0.15, 0.2) is 35.2 Å². The quantitative estimate of drug-likeness (QED) is 0.826. The van der Waals surface area contributed by atoms with Crippen LogP contribution in [0.25, 0.3) is 0 Å². The molecule has 1 aromatic carbocycles. The lowest BCUT2D eigenvalue weighted by molar-refractivity contribution is 0.579. The third kappa shape index (κ3) is 5.44. The molecule has 0 amide bonds. The average molecular weight is 305 g/mol. The van der Waals surface area contributed by atoms with Gasteiger partial charge in [-0.25, -0.2) is 14.4 Å². The third-order valence-corrected chi connectivity index (χ3v) is 3.83. The van der Waals surface area contributed by atoms with Crippen molar-refractivity contribution in [2.45, 2.75) is 44.0 Å². The van der Waals surface area contributed by atoms with Gasteiger partial charge in [0, 0.05) is 23.2 Å². The Labute approximate surface area is 129 Å². The van der Waals surface area contributed by atoms with E-state index in [9.17, 15) is 4.39 Å². The van der Waals surface area contributed by atoms with E-state index in [4.69, 9.17) is 0 Å². The van der Waals surface area contributed by atoms with Gasteiger partial charge in [-0.05, 0) is 37.3 Å². The molecule has 5 heteroatoms. The highest BCUT2D eigenvalue weighted by molar-refractivity contribution is 7.98. The maximum atomic E-state index is 12.9. The van der Waals surface area contributed by atoms with E-state index in [0.717, 1.165) is 28.7 Å². The van der Waals surface area contributed by atoms with E-state index in [0.29, 0.717) is 11.8 Å². The summed E-state index contributed by atoms with van der Waals surface area (Å²) in [5.74, 6) is 1.28. The first-order valence-corrected chi connectivity index (χ1v) is 7.96. The first-order valence-electron chi connectivity index (χ1n) is 6.98. The molecule has 2 aromatic rings. The standard InChI is InChI=1S/C16H20FN3S/c1-11(2)18-9-14-8-12(3)19-16(20-14)10-21-15-6-4-13(17)5-7-15/h4-8,11,18H,9-10H2,1-3H3. The number of aromatic nitrogens is 2. The predicted octanol–water partition coefficient (Wildman–Crippen LogP) is 3.71. The molecule has 112 valence electrons. The van der Waals surface area contributed by atoms with E-state index in [2.05, 4.69) is 29.1 Å². The van der Waals surface area contributed by atoms with Crippen molar-refractivity contribution in [1.82, 2.24) is 15.3 Å². The van der Waals surface area contributed by atoms with Gasteiger partial charge in [0.15, 0.2) is 0 Å². The van der Waals surface area contributed by atoms with Gasteiger partial charge in [0.2, 0.25) is 0 Å². The minimum absolute atomic E-state index is 0.215. The number of hydrogen-bond acceptors (Lipinski definition) is 4. The molecule has 0 saturated heterocycles. The first-order chi connectivity index (χ1) is 10.0. The van der Waals surface area contributed by atoms with Gasteiger partial charge in [-0.1, -0.05) is 13.8 Å². The average Bonchev–Trinajstić information content (AvgIpc) is 2.44. The molecule has 1 aromatic heterocycles. The number of rotatable bonds is 6. The summed E-state index contributed by atoms with van der Waals surface area (Å²) in [5.41, 5.74) is 1.98. The molecule has 0 atom stereocenters. The van der Waals surface area contributed by atoms with Gasteiger partial charge >= 0.3 is 0 Å². The summed E-state index contributed by atoms with van der Waals surface area (Å²) in [6.07, 6.45) is 0. The van der Waals surface area contributed by atoms with Crippen LogP contribution in [0.3, 0.4) is 0 Å². The van der Waals surface area contributed by atoms with Crippen molar-refractivity contribution in [2.75, 3.05) is 0 Å². The number of nitrogens with one attached hydrogen (secondary N) is 1. The highest BCUT2D eigenvalue weighted by atomic mass is 32.2. The fourth-order valence-electron chi connectivity index (χ4n) is 1.84. The molecule has 1 N–H and O–H groups in total. The van der Waals surface area contributed by atoms with E-state index in [1.807, 2.05) is 13.0 Å². The summed E-state index contributed by atoms with van der Waals surface area (Å²) in [4.78, 5) is 10.0. The molecule has 1 heterocycles. The maximum Gasteiger partial charge on any atom is 0.139 e. The van der Waals surface area contributed by atoms with Crippen molar-refractivity contribution in [3.8, 4) is 0 Å². The molecule has 0 spiro atoms. The first kappa shape index (κ1) is 15.9. The second kappa shape index (κ2) is 7.52.